The third kappa shape index (κ3) is 1.27. The van der Waals surface area contributed by atoms with Crippen molar-refractivity contribution in [2.45, 2.75) is 32.7 Å². The van der Waals surface area contributed by atoms with Gasteiger partial charge in [-0.25, -0.2) is 0 Å². The maximum Gasteiger partial charge on any atom is 0.234 e. The molecule has 0 aromatic heterocycles. The zero-order valence-corrected chi connectivity index (χ0v) is 9.35. The SMILES string of the molecule is Cc1c(CN)ccc2c1NC(=O)C2(C)C. The van der Waals surface area contributed by atoms with E-state index in [9.17, 15) is 4.79 Å². The molecule has 0 saturated heterocycles. The van der Waals surface area contributed by atoms with Gasteiger partial charge in [-0.05, 0) is 37.5 Å². The Morgan fingerprint density at radius 1 is 1.40 bits per heavy atom. The van der Waals surface area contributed by atoms with Crippen molar-refractivity contribution in [3.8, 4) is 0 Å². The molecule has 1 aliphatic rings. The summed E-state index contributed by atoms with van der Waals surface area (Å²) in [6, 6.07) is 4.01. The Bertz CT molecular complexity index is 435. The molecule has 0 bridgehead atoms. The zero-order chi connectivity index (χ0) is 11.2. The van der Waals surface area contributed by atoms with Gasteiger partial charge in [-0.1, -0.05) is 12.1 Å². The van der Waals surface area contributed by atoms with Crippen molar-refractivity contribution in [3.63, 3.8) is 0 Å². The zero-order valence-electron chi connectivity index (χ0n) is 9.35. The number of fused-ring (bicyclic) bond motifs is 1. The molecule has 0 aliphatic carbocycles. The fourth-order valence-corrected chi connectivity index (χ4v) is 2.05. The predicted octanol–water partition coefficient (Wildman–Crippen LogP) is 1.68. The van der Waals surface area contributed by atoms with E-state index in [1.54, 1.807) is 0 Å². The number of rotatable bonds is 1. The summed E-state index contributed by atoms with van der Waals surface area (Å²) >= 11 is 0. The second kappa shape index (κ2) is 3.07. The quantitative estimate of drug-likeness (QED) is 0.731. The van der Waals surface area contributed by atoms with Crippen molar-refractivity contribution in [1.82, 2.24) is 0 Å². The fourth-order valence-electron chi connectivity index (χ4n) is 2.05. The highest BCUT2D eigenvalue weighted by molar-refractivity contribution is 6.06. The van der Waals surface area contributed by atoms with Crippen LogP contribution in [-0.4, -0.2) is 5.91 Å². The monoisotopic (exact) mass is 204 g/mol. The smallest absolute Gasteiger partial charge is 0.234 e. The predicted molar refractivity (Wildman–Crippen MR) is 60.7 cm³/mol. The molecule has 0 atom stereocenters. The lowest BCUT2D eigenvalue weighted by Crippen LogP contribution is -2.26. The lowest BCUT2D eigenvalue weighted by Gasteiger charge is -2.15. The van der Waals surface area contributed by atoms with Crippen LogP contribution in [0.1, 0.15) is 30.5 Å². The van der Waals surface area contributed by atoms with Crippen molar-refractivity contribution >= 4 is 11.6 Å². The number of amides is 1. The van der Waals surface area contributed by atoms with E-state index >= 15 is 0 Å². The highest BCUT2D eigenvalue weighted by Crippen LogP contribution is 2.40. The highest BCUT2D eigenvalue weighted by atomic mass is 16.2. The maximum atomic E-state index is 11.8. The molecule has 1 aliphatic heterocycles. The standard InChI is InChI=1S/C12H16N2O/c1-7-8(6-13)4-5-9-10(7)14-11(15)12(9,2)3/h4-5H,6,13H2,1-3H3,(H,14,15). The van der Waals surface area contributed by atoms with Gasteiger partial charge in [-0.15, -0.1) is 0 Å². The van der Waals surface area contributed by atoms with E-state index in [2.05, 4.69) is 5.32 Å². The van der Waals surface area contributed by atoms with Gasteiger partial charge in [0.25, 0.3) is 0 Å². The first-order valence-electron chi connectivity index (χ1n) is 5.13. The second-order valence-corrected chi connectivity index (χ2v) is 4.56. The molecule has 1 aromatic carbocycles. The minimum absolute atomic E-state index is 0.0646. The van der Waals surface area contributed by atoms with E-state index in [1.165, 1.54) is 0 Å². The third-order valence-electron chi connectivity index (χ3n) is 3.28. The van der Waals surface area contributed by atoms with E-state index in [-0.39, 0.29) is 5.91 Å². The van der Waals surface area contributed by atoms with Gasteiger partial charge in [0, 0.05) is 12.2 Å². The number of hydrogen-bond acceptors (Lipinski definition) is 2. The number of nitrogens with one attached hydrogen (secondary N) is 1. The molecule has 2 rings (SSSR count). The Morgan fingerprint density at radius 3 is 2.67 bits per heavy atom. The maximum absolute atomic E-state index is 11.8. The van der Waals surface area contributed by atoms with Gasteiger partial charge in [0.05, 0.1) is 5.41 Å². The van der Waals surface area contributed by atoms with Crippen molar-refractivity contribution < 1.29 is 4.79 Å². The van der Waals surface area contributed by atoms with Gasteiger partial charge in [0.2, 0.25) is 5.91 Å². The number of nitrogens with two attached hydrogens (primary N) is 1. The normalized spacial score (nSPS) is 17.5. The summed E-state index contributed by atoms with van der Waals surface area (Å²) in [5.74, 6) is 0.0646. The molecule has 1 amide bonds. The first-order valence-corrected chi connectivity index (χ1v) is 5.13. The van der Waals surface area contributed by atoms with Crippen LogP contribution < -0.4 is 11.1 Å². The lowest BCUT2D eigenvalue weighted by atomic mass is 9.85. The molecule has 3 N–H and O–H groups in total. The average Bonchev–Trinajstić information content (AvgIpc) is 2.41. The fraction of sp³-hybridized carbons (Fsp3) is 0.417. The average molecular weight is 204 g/mol. The molecule has 1 heterocycles. The topological polar surface area (TPSA) is 55.1 Å². The van der Waals surface area contributed by atoms with E-state index in [0.717, 1.165) is 22.4 Å². The van der Waals surface area contributed by atoms with Crippen molar-refractivity contribution in [3.05, 3.63) is 28.8 Å². The third-order valence-corrected chi connectivity index (χ3v) is 3.28. The highest BCUT2D eigenvalue weighted by Gasteiger charge is 2.39. The summed E-state index contributed by atoms with van der Waals surface area (Å²) in [5.41, 5.74) is 9.42. The van der Waals surface area contributed by atoms with Gasteiger partial charge < -0.3 is 11.1 Å². The van der Waals surface area contributed by atoms with Gasteiger partial charge in [-0.3, -0.25) is 4.79 Å². The Balaban J connectivity index is 2.64. The van der Waals surface area contributed by atoms with Crippen LogP contribution >= 0.6 is 0 Å². The van der Waals surface area contributed by atoms with E-state index in [0.29, 0.717) is 6.54 Å². The number of benzene rings is 1. The van der Waals surface area contributed by atoms with Gasteiger partial charge in [0.15, 0.2) is 0 Å². The summed E-state index contributed by atoms with van der Waals surface area (Å²) < 4.78 is 0. The van der Waals surface area contributed by atoms with Gasteiger partial charge >= 0.3 is 0 Å². The Morgan fingerprint density at radius 2 is 2.07 bits per heavy atom. The first-order chi connectivity index (χ1) is 6.98. The van der Waals surface area contributed by atoms with Crippen LogP contribution in [0.3, 0.4) is 0 Å². The molecule has 15 heavy (non-hydrogen) atoms. The summed E-state index contributed by atoms with van der Waals surface area (Å²) in [4.78, 5) is 11.8. The molecule has 0 saturated carbocycles. The number of anilines is 1. The van der Waals surface area contributed by atoms with Crippen LogP contribution in [0.5, 0.6) is 0 Å². The van der Waals surface area contributed by atoms with Crippen LogP contribution in [0.4, 0.5) is 5.69 Å². The second-order valence-electron chi connectivity index (χ2n) is 4.56. The minimum atomic E-state index is -0.423. The molecule has 1 aromatic rings. The molecule has 3 nitrogen and oxygen atoms in total. The Labute approximate surface area is 89.7 Å². The molecule has 3 heteroatoms. The number of carbonyl (C=O) groups is 1. The van der Waals surface area contributed by atoms with Crippen molar-refractivity contribution in [1.29, 1.82) is 0 Å². The number of carbonyl (C=O) groups excluding carboxylic acids is 1. The van der Waals surface area contributed by atoms with E-state index in [4.69, 9.17) is 5.73 Å². The largest absolute Gasteiger partial charge is 0.326 e. The van der Waals surface area contributed by atoms with Crippen molar-refractivity contribution in [2.75, 3.05) is 5.32 Å². The summed E-state index contributed by atoms with van der Waals surface area (Å²) in [7, 11) is 0. The minimum Gasteiger partial charge on any atom is -0.326 e. The van der Waals surface area contributed by atoms with Gasteiger partial charge in [-0.2, -0.15) is 0 Å². The van der Waals surface area contributed by atoms with Crippen LogP contribution in [0.15, 0.2) is 12.1 Å². The lowest BCUT2D eigenvalue weighted by molar-refractivity contribution is -0.119. The molecule has 0 fully saturated rings. The summed E-state index contributed by atoms with van der Waals surface area (Å²) in [5, 5.41) is 2.94. The molecule has 0 radical (unpaired) electrons. The van der Waals surface area contributed by atoms with Crippen LogP contribution in [-0.2, 0) is 16.8 Å². The molecular weight excluding hydrogens is 188 g/mol. The van der Waals surface area contributed by atoms with E-state index in [1.807, 2.05) is 32.9 Å². The van der Waals surface area contributed by atoms with E-state index < -0.39 is 5.41 Å². The van der Waals surface area contributed by atoms with Crippen LogP contribution in [0.25, 0.3) is 0 Å². The summed E-state index contributed by atoms with van der Waals surface area (Å²) in [6.07, 6.45) is 0. The molecule has 0 spiro atoms. The summed E-state index contributed by atoms with van der Waals surface area (Å²) in [6.45, 7) is 6.39. The first kappa shape index (κ1) is 10.2. The van der Waals surface area contributed by atoms with Gasteiger partial charge in [0.1, 0.15) is 0 Å². The number of hydrogen-bond donors (Lipinski definition) is 2. The Kier molecular flexibility index (Phi) is 2.08. The Hall–Kier alpha value is -1.35. The van der Waals surface area contributed by atoms with Crippen molar-refractivity contribution in [2.24, 2.45) is 5.73 Å². The van der Waals surface area contributed by atoms with Crippen LogP contribution in [0.2, 0.25) is 0 Å². The van der Waals surface area contributed by atoms with Crippen LogP contribution in [0, 0.1) is 6.92 Å². The molecular formula is C12H16N2O. The molecule has 80 valence electrons. The molecule has 0 unspecified atom stereocenters.